The smallest absolute Gasteiger partial charge is 0.247 e. The normalized spacial score (nSPS) is 19.2. The molecule has 0 unspecified atom stereocenters. The number of halogens is 2. The SMILES string of the molecule is O=C(Nc1ccc(S[C@H]2CC(=O)N(c3c(Cl)cccc3Cl)C2=O)cc1)C1CC1. The lowest BCUT2D eigenvalue weighted by atomic mass is 10.3. The third kappa shape index (κ3) is 3.90. The zero-order valence-corrected chi connectivity index (χ0v) is 17.0. The zero-order valence-electron chi connectivity index (χ0n) is 14.7. The van der Waals surface area contributed by atoms with Gasteiger partial charge in [-0.1, -0.05) is 29.3 Å². The van der Waals surface area contributed by atoms with Crippen molar-refractivity contribution in [2.45, 2.75) is 29.4 Å². The molecule has 2 aromatic rings. The van der Waals surface area contributed by atoms with Gasteiger partial charge in [-0.05, 0) is 49.2 Å². The Hall–Kier alpha value is -2.02. The van der Waals surface area contributed by atoms with Crippen molar-refractivity contribution in [2.24, 2.45) is 5.92 Å². The van der Waals surface area contributed by atoms with Gasteiger partial charge >= 0.3 is 0 Å². The number of imide groups is 1. The number of thioether (sulfide) groups is 1. The van der Waals surface area contributed by atoms with Crippen molar-refractivity contribution >= 4 is 64.1 Å². The van der Waals surface area contributed by atoms with Crippen LogP contribution in [0.5, 0.6) is 0 Å². The fraction of sp³-hybridized carbons (Fsp3) is 0.250. The van der Waals surface area contributed by atoms with Gasteiger partial charge in [0, 0.05) is 22.9 Å². The summed E-state index contributed by atoms with van der Waals surface area (Å²) in [4.78, 5) is 39.0. The van der Waals surface area contributed by atoms with Crippen LogP contribution in [-0.2, 0) is 14.4 Å². The number of anilines is 2. The molecule has 1 saturated heterocycles. The number of rotatable bonds is 5. The van der Waals surface area contributed by atoms with Crippen LogP contribution in [0.1, 0.15) is 19.3 Å². The summed E-state index contributed by atoms with van der Waals surface area (Å²) in [5.74, 6) is -0.482. The molecular formula is C20H16Cl2N2O3S. The average molecular weight is 435 g/mol. The van der Waals surface area contributed by atoms with E-state index < -0.39 is 5.25 Å². The van der Waals surface area contributed by atoms with Crippen LogP contribution in [-0.4, -0.2) is 23.0 Å². The Morgan fingerprint density at radius 3 is 2.29 bits per heavy atom. The maximum Gasteiger partial charge on any atom is 0.247 e. The van der Waals surface area contributed by atoms with E-state index in [1.54, 1.807) is 30.3 Å². The quantitative estimate of drug-likeness (QED) is 0.688. The number of hydrogen-bond acceptors (Lipinski definition) is 4. The largest absolute Gasteiger partial charge is 0.326 e. The van der Waals surface area contributed by atoms with Gasteiger partial charge in [-0.25, -0.2) is 4.90 Å². The lowest BCUT2D eigenvalue weighted by molar-refractivity contribution is -0.121. The number of nitrogens with zero attached hydrogens (tertiary/aromatic N) is 1. The molecule has 5 nitrogen and oxygen atoms in total. The summed E-state index contributed by atoms with van der Waals surface area (Å²) in [5, 5.41) is 2.85. The fourth-order valence-electron chi connectivity index (χ4n) is 3.00. The minimum absolute atomic E-state index is 0.0456. The molecular weight excluding hydrogens is 419 g/mol. The first-order chi connectivity index (χ1) is 13.4. The maximum atomic E-state index is 12.8. The van der Waals surface area contributed by atoms with Gasteiger partial charge in [0.25, 0.3) is 0 Å². The predicted octanol–water partition coefficient (Wildman–Crippen LogP) is 4.77. The first-order valence-corrected chi connectivity index (χ1v) is 10.5. The number of carbonyl (C=O) groups excluding carboxylic acids is 3. The number of amides is 3. The number of benzene rings is 2. The van der Waals surface area contributed by atoms with Gasteiger partial charge in [-0.3, -0.25) is 14.4 Å². The molecule has 1 heterocycles. The van der Waals surface area contributed by atoms with Gasteiger partial charge in [-0.2, -0.15) is 0 Å². The summed E-state index contributed by atoms with van der Waals surface area (Å²) < 4.78 is 0. The van der Waals surface area contributed by atoms with Gasteiger partial charge in [0.2, 0.25) is 17.7 Å². The second kappa shape index (κ2) is 7.78. The molecule has 0 bridgehead atoms. The molecule has 0 aromatic heterocycles. The van der Waals surface area contributed by atoms with Gasteiger partial charge < -0.3 is 5.32 Å². The van der Waals surface area contributed by atoms with Gasteiger partial charge in [0.1, 0.15) is 0 Å². The molecule has 28 heavy (non-hydrogen) atoms. The van der Waals surface area contributed by atoms with Crippen molar-refractivity contribution in [3.05, 3.63) is 52.5 Å². The van der Waals surface area contributed by atoms with E-state index >= 15 is 0 Å². The minimum atomic E-state index is -0.549. The highest BCUT2D eigenvalue weighted by molar-refractivity contribution is 8.00. The first kappa shape index (κ1) is 19.3. The Bertz CT molecular complexity index is 940. The minimum Gasteiger partial charge on any atom is -0.326 e. The number of nitrogens with one attached hydrogen (secondary N) is 1. The highest BCUT2D eigenvalue weighted by atomic mass is 35.5. The summed E-state index contributed by atoms with van der Waals surface area (Å²) in [6.07, 6.45) is 1.97. The first-order valence-electron chi connectivity index (χ1n) is 8.82. The lowest BCUT2D eigenvalue weighted by Crippen LogP contribution is -2.31. The van der Waals surface area contributed by atoms with Crippen LogP contribution in [0.4, 0.5) is 11.4 Å². The van der Waals surface area contributed by atoms with Crippen LogP contribution in [0.15, 0.2) is 47.4 Å². The predicted molar refractivity (Wildman–Crippen MR) is 111 cm³/mol. The van der Waals surface area contributed by atoms with Crippen molar-refractivity contribution in [3.63, 3.8) is 0 Å². The van der Waals surface area contributed by atoms with Crippen molar-refractivity contribution in [1.82, 2.24) is 0 Å². The van der Waals surface area contributed by atoms with E-state index in [0.717, 1.165) is 28.3 Å². The fourth-order valence-corrected chi connectivity index (χ4v) is 4.63. The standard InChI is InChI=1S/C20H16Cl2N2O3S/c21-14-2-1-3-15(22)18(14)24-17(25)10-16(20(24)27)28-13-8-6-12(7-9-13)23-19(26)11-4-5-11/h1-3,6-9,11,16H,4-5,10H2,(H,23,26)/t16-/m0/s1. The topological polar surface area (TPSA) is 66.5 Å². The Kier molecular flexibility index (Phi) is 5.36. The van der Waals surface area contributed by atoms with Crippen LogP contribution >= 0.6 is 35.0 Å². The third-order valence-corrected chi connectivity index (χ3v) is 6.42. The summed E-state index contributed by atoms with van der Waals surface area (Å²) in [6, 6.07) is 12.1. The molecule has 2 aromatic carbocycles. The Morgan fingerprint density at radius 2 is 1.68 bits per heavy atom. The molecule has 144 valence electrons. The molecule has 4 rings (SSSR count). The summed E-state index contributed by atoms with van der Waals surface area (Å²) in [6.45, 7) is 0. The van der Waals surface area contributed by atoms with Crippen molar-refractivity contribution in [2.75, 3.05) is 10.2 Å². The van der Waals surface area contributed by atoms with E-state index in [1.807, 2.05) is 12.1 Å². The van der Waals surface area contributed by atoms with Crippen LogP contribution in [0, 0.1) is 5.92 Å². The second-order valence-electron chi connectivity index (χ2n) is 6.74. The molecule has 1 saturated carbocycles. The van der Waals surface area contributed by atoms with E-state index in [1.165, 1.54) is 11.8 Å². The van der Waals surface area contributed by atoms with Crippen LogP contribution < -0.4 is 10.2 Å². The van der Waals surface area contributed by atoms with E-state index in [4.69, 9.17) is 23.2 Å². The van der Waals surface area contributed by atoms with E-state index in [-0.39, 0.29) is 45.8 Å². The Labute approximate surface area is 176 Å². The van der Waals surface area contributed by atoms with Crippen molar-refractivity contribution < 1.29 is 14.4 Å². The molecule has 0 radical (unpaired) electrons. The van der Waals surface area contributed by atoms with E-state index in [9.17, 15) is 14.4 Å². The van der Waals surface area contributed by atoms with Gasteiger partial charge in [0.15, 0.2) is 0 Å². The van der Waals surface area contributed by atoms with E-state index in [2.05, 4.69) is 5.32 Å². The van der Waals surface area contributed by atoms with Crippen molar-refractivity contribution in [3.8, 4) is 0 Å². The zero-order chi connectivity index (χ0) is 19.8. The second-order valence-corrected chi connectivity index (χ2v) is 8.83. The molecule has 0 spiro atoms. The summed E-state index contributed by atoms with van der Waals surface area (Å²) in [7, 11) is 0. The molecule has 8 heteroatoms. The number of hydrogen-bond donors (Lipinski definition) is 1. The van der Waals surface area contributed by atoms with Gasteiger partial charge in [-0.15, -0.1) is 11.8 Å². The third-order valence-electron chi connectivity index (χ3n) is 4.61. The molecule has 1 atom stereocenters. The van der Waals surface area contributed by atoms with Crippen LogP contribution in [0.2, 0.25) is 10.0 Å². The molecule has 1 aliphatic carbocycles. The highest BCUT2D eigenvalue weighted by Gasteiger charge is 2.41. The van der Waals surface area contributed by atoms with Crippen LogP contribution in [0.25, 0.3) is 0 Å². The Morgan fingerprint density at radius 1 is 1.04 bits per heavy atom. The lowest BCUT2D eigenvalue weighted by Gasteiger charge is -2.17. The Balaban J connectivity index is 1.46. The molecule has 1 N–H and O–H groups in total. The summed E-state index contributed by atoms with van der Waals surface area (Å²) in [5.41, 5.74) is 0.960. The van der Waals surface area contributed by atoms with Gasteiger partial charge in [0.05, 0.1) is 21.0 Å². The number of para-hydroxylation sites is 1. The molecule has 2 aliphatic rings. The van der Waals surface area contributed by atoms with E-state index in [0.29, 0.717) is 0 Å². The molecule has 1 aliphatic heterocycles. The molecule has 2 fully saturated rings. The number of carbonyl (C=O) groups is 3. The highest BCUT2D eigenvalue weighted by Crippen LogP contribution is 2.40. The monoisotopic (exact) mass is 434 g/mol. The summed E-state index contributed by atoms with van der Waals surface area (Å²) >= 11 is 13.6. The van der Waals surface area contributed by atoms with Crippen LogP contribution in [0.3, 0.4) is 0 Å². The average Bonchev–Trinajstić information content (AvgIpc) is 3.47. The van der Waals surface area contributed by atoms with Crippen molar-refractivity contribution in [1.29, 1.82) is 0 Å². The maximum absolute atomic E-state index is 12.8. The molecule has 3 amide bonds.